The Morgan fingerprint density at radius 3 is 2.44 bits per heavy atom. The van der Waals surface area contributed by atoms with Gasteiger partial charge in [0.1, 0.15) is 17.5 Å². The lowest BCUT2D eigenvalue weighted by Gasteiger charge is -2.17. The average Bonchev–Trinajstić information content (AvgIpc) is 2.37. The molecule has 1 heterocycles. The third-order valence-electron chi connectivity index (χ3n) is 2.58. The molecule has 1 unspecified atom stereocenters. The summed E-state index contributed by atoms with van der Waals surface area (Å²) >= 11 is 0. The van der Waals surface area contributed by atoms with Crippen LogP contribution >= 0.6 is 0 Å². The summed E-state index contributed by atoms with van der Waals surface area (Å²) < 4.78 is 10.3. The number of nitrogens with two attached hydrogens (primary N) is 1. The number of aromatic nitrogens is 2. The van der Waals surface area contributed by atoms with Gasteiger partial charge < -0.3 is 20.2 Å². The summed E-state index contributed by atoms with van der Waals surface area (Å²) in [5.74, 6) is 7.42. The number of hydrazine groups is 1. The summed E-state index contributed by atoms with van der Waals surface area (Å²) in [6.45, 7) is 4.84. The van der Waals surface area contributed by atoms with Crippen molar-refractivity contribution in [2.75, 3.05) is 38.1 Å². The summed E-state index contributed by atoms with van der Waals surface area (Å²) in [5.41, 5.74) is 3.43. The molecular formula is C11H21N5O2. The Labute approximate surface area is 107 Å². The molecule has 0 spiro atoms. The third-order valence-corrected chi connectivity index (χ3v) is 2.58. The highest BCUT2D eigenvalue weighted by Gasteiger charge is 2.11. The van der Waals surface area contributed by atoms with Gasteiger partial charge in [-0.1, -0.05) is 0 Å². The molecule has 0 radical (unpaired) electrons. The number of hydrogen-bond acceptors (Lipinski definition) is 7. The van der Waals surface area contributed by atoms with Crippen LogP contribution < -0.4 is 16.6 Å². The monoisotopic (exact) mass is 255 g/mol. The van der Waals surface area contributed by atoms with Crippen LogP contribution in [0, 0.1) is 13.8 Å². The van der Waals surface area contributed by atoms with E-state index in [1.165, 1.54) is 0 Å². The van der Waals surface area contributed by atoms with Crippen molar-refractivity contribution in [1.82, 2.24) is 9.97 Å². The smallest absolute Gasteiger partial charge is 0.148 e. The number of nitrogen functional groups attached to an aromatic ring is 1. The van der Waals surface area contributed by atoms with Crippen LogP contribution in [0.15, 0.2) is 0 Å². The molecule has 1 aromatic heterocycles. The van der Waals surface area contributed by atoms with Crippen molar-refractivity contribution in [2.45, 2.75) is 20.0 Å². The van der Waals surface area contributed by atoms with E-state index in [1.807, 2.05) is 13.8 Å². The van der Waals surface area contributed by atoms with E-state index in [4.69, 9.17) is 15.3 Å². The van der Waals surface area contributed by atoms with E-state index in [-0.39, 0.29) is 6.10 Å². The minimum absolute atomic E-state index is 0.0287. The van der Waals surface area contributed by atoms with Crippen LogP contribution in [-0.2, 0) is 9.47 Å². The zero-order valence-electron chi connectivity index (χ0n) is 11.3. The van der Waals surface area contributed by atoms with Crippen LogP contribution in [0.25, 0.3) is 0 Å². The Morgan fingerprint density at radius 1 is 1.22 bits per heavy atom. The molecule has 7 nitrogen and oxygen atoms in total. The molecule has 102 valence electrons. The van der Waals surface area contributed by atoms with Gasteiger partial charge in [-0.25, -0.2) is 15.8 Å². The van der Waals surface area contributed by atoms with Crippen molar-refractivity contribution >= 4 is 11.6 Å². The molecule has 1 aromatic rings. The molecule has 0 bridgehead atoms. The molecule has 7 heteroatoms. The van der Waals surface area contributed by atoms with Gasteiger partial charge in [0.2, 0.25) is 0 Å². The zero-order valence-corrected chi connectivity index (χ0v) is 11.3. The predicted molar refractivity (Wildman–Crippen MR) is 70.5 cm³/mol. The van der Waals surface area contributed by atoms with E-state index in [1.54, 1.807) is 14.2 Å². The summed E-state index contributed by atoms with van der Waals surface area (Å²) in [6.07, 6.45) is -0.0287. The van der Waals surface area contributed by atoms with Crippen LogP contribution in [0.4, 0.5) is 11.6 Å². The highest BCUT2D eigenvalue weighted by atomic mass is 16.5. The maximum atomic E-state index is 5.41. The number of rotatable bonds is 7. The van der Waals surface area contributed by atoms with Gasteiger partial charge in [0, 0.05) is 26.3 Å². The Kier molecular flexibility index (Phi) is 5.76. The molecule has 0 aromatic carbocycles. The van der Waals surface area contributed by atoms with Gasteiger partial charge in [-0.2, -0.15) is 0 Å². The first kappa shape index (κ1) is 14.6. The Balaban J connectivity index is 2.74. The van der Waals surface area contributed by atoms with Gasteiger partial charge in [-0.05, 0) is 13.8 Å². The van der Waals surface area contributed by atoms with E-state index < -0.39 is 0 Å². The largest absolute Gasteiger partial charge is 0.382 e. The molecule has 0 saturated heterocycles. The fourth-order valence-corrected chi connectivity index (χ4v) is 1.55. The number of methoxy groups -OCH3 is 2. The number of anilines is 2. The second kappa shape index (κ2) is 7.10. The lowest BCUT2D eigenvalue weighted by atomic mass is 10.3. The standard InChI is InChI=1S/C11H21N5O2/c1-7-10(13-5-9(18-4)6-17-3)14-8(2)15-11(7)16-12/h9H,5-6,12H2,1-4H3,(H2,13,14,15,16). The van der Waals surface area contributed by atoms with Crippen molar-refractivity contribution in [2.24, 2.45) is 5.84 Å². The van der Waals surface area contributed by atoms with Crippen molar-refractivity contribution < 1.29 is 9.47 Å². The highest BCUT2D eigenvalue weighted by molar-refractivity contribution is 5.56. The van der Waals surface area contributed by atoms with Crippen molar-refractivity contribution in [1.29, 1.82) is 0 Å². The molecule has 0 saturated carbocycles. The molecule has 1 atom stereocenters. The average molecular weight is 255 g/mol. The van der Waals surface area contributed by atoms with Crippen LogP contribution in [-0.4, -0.2) is 43.4 Å². The van der Waals surface area contributed by atoms with Gasteiger partial charge in [0.05, 0.1) is 12.7 Å². The topological polar surface area (TPSA) is 94.3 Å². The van der Waals surface area contributed by atoms with Crippen LogP contribution in [0.1, 0.15) is 11.4 Å². The molecule has 1 rings (SSSR count). The quantitative estimate of drug-likeness (QED) is 0.481. The number of aryl methyl sites for hydroxylation is 1. The summed E-state index contributed by atoms with van der Waals surface area (Å²) in [6, 6.07) is 0. The van der Waals surface area contributed by atoms with Gasteiger partial charge >= 0.3 is 0 Å². The Bertz CT molecular complexity index is 386. The lowest BCUT2D eigenvalue weighted by molar-refractivity contribution is 0.0365. The molecule has 0 aliphatic heterocycles. The third kappa shape index (κ3) is 3.80. The van der Waals surface area contributed by atoms with E-state index in [2.05, 4.69) is 20.7 Å². The summed E-state index contributed by atoms with van der Waals surface area (Å²) in [4.78, 5) is 8.53. The van der Waals surface area contributed by atoms with Crippen LogP contribution in [0.5, 0.6) is 0 Å². The predicted octanol–water partition coefficient (Wildman–Crippen LogP) is 0.452. The normalized spacial score (nSPS) is 12.3. The number of hydrogen-bond donors (Lipinski definition) is 3. The first-order valence-electron chi connectivity index (χ1n) is 5.69. The first-order chi connectivity index (χ1) is 8.62. The Morgan fingerprint density at radius 2 is 1.89 bits per heavy atom. The molecule has 0 fully saturated rings. The van der Waals surface area contributed by atoms with E-state index in [9.17, 15) is 0 Å². The lowest BCUT2D eigenvalue weighted by Crippen LogP contribution is -2.27. The summed E-state index contributed by atoms with van der Waals surface area (Å²) in [5, 5.41) is 3.21. The van der Waals surface area contributed by atoms with Crippen molar-refractivity contribution in [3.8, 4) is 0 Å². The number of nitrogens with zero attached hydrogens (tertiary/aromatic N) is 2. The van der Waals surface area contributed by atoms with Gasteiger partial charge in [-0.3, -0.25) is 0 Å². The first-order valence-corrected chi connectivity index (χ1v) is 5.69. The number of nitrogens with one attached hydrogen (secondary N) is 2. The summed E-state index contributed by atoms with van der Waals surface area (Å²) in [7, 11) is 3.29. The highest BCUT2D eigenvalue weighted by Crippen LogP contribution is 2.18. The maximum Gasteiger partial charge on any atom is 0.148 e. The SMILES string of the molecule is COCC(CNc1nc(C)nc(NN)c1C)OC. The Hall–Kier alpha value is -1.44. The number of ether oxygens (including phenoxy) is 2. The molecule has 0 aliphatic rings. The second-order valence-electron chi connectivity index (χ2n) is 3.93. The maximum absolute atomic E-state index is 5.41. The molecular weight excluding hydrogens is 234 g/mol. The zero-order chi connectivity index (χ0) is 13.5. The minimum Gasteiger partial charge on any atom is -0.382 e. The molecule has 4 N–H and O–H groups in total. The molecule has 0 aliphatic carbocycles. The molecule has 18 heavy (non-hydrogen) atoms. The van der Waals surface area contributed by atoms with Crippen LogP contribution in [0.3, 0.4) is 0 Å². The van der Waals surface area contributed by atoms with E-state index in [0.29, 0.717) is 24.8 Å². The van der Waals surface area contributed by atoms with Crippen molar-refractivity contribution in [3.63, 3.8) is 0 Å². The van der Waals surface area contributed by atoms with E-state index in [0.717, 1.165) is 11.4 Å². The molecule has 0 amide bonds. The fourth-order valence-electron chi connectivity index (χ4n) is 1.55. The van der Waals surface area contributed by atoms with Gasteiger partial charge in [-0.15, -0.1) is 0 Å². The minimum atomic E-state index is -0.0287. The van der Waals surface area contributed by atoms with Gasteiger partial charge in [0.15, 0.2) is 0 Å². The fraction of sp³-hybridized carbons (Fsp3) is 0.636. The van der Waals surface area contributed by atoms with Crippen molar-refractivity contribution in [3.05, 3.63) is 11.4 Å². The van der Waals surface area contributed by atoms with Crippen LogP contribution in [0.2, 0.25) is 0 Å². The van der Waals surface area contributed by atoms with E-state index >= 15 is 0 Å². The van der Waals surface area contributed by atoms with Gasteiger partial charge in [0.25, 0.3) is 0 Å². The second-order valence-corrected chi connectivity index (χ2v) is 3.93.